The molecule has 0 radical (unpaired) electrons. The Labute approximate surface area is 127 Å². The average Bonchev–Trinajstić information content (AvgIpc) is 2.98. The highest BCUT2D eigenvalue weighted by Crippen LogP contribution is 2.39. The maximum Gasteiger partial charge on any atom is 0.0906 e. The van der Waals surface area contributed by atoms with Crippen LogP contribution in [0.5, 0.6) is 0 Å². The summed E-state index contributed by atoms with van der Waals surface area (Å²) in [6, 6.07) is 10.7. The van der Waals surface area contributed by atoms with Crippen molar-refractivity contribution in [3.05, 3.63) is 35.9 Å². The second kappa shape index (κ2) is 6.05. The number of hydrogen-bond donors (Lipinski definition) is 1. The fraction of sp³-hybridized carbons (Fsp3) is 0.667. The lowest BCUT2D eigenvalue weighted by atomic mass is 9.82. The largest absolute Gasteiger partial charge is 0.308 e. The zero-order valence-corrected chi connectivity index (χ0v) is 13.1. The van der Waals surface area contributed by atoms with Crippen LogP contribution >= 0.6 is 0 Å². The minimum atomic E-state index is -0.220. The van der Waals surface area contributed by atoms with Gasteiger partial charge in [-0.05, 0) is 31.7 Å². The number of nitrogens with zero attached hydrogens (tertiary/aromatic N) is 1. The van der Waals surface area contributed by atoms with Crippen LogP contribution in [0.15, 0.2) is 30.3 Å². The number of alkyl halides is 1. The van der Waals surface area contributed by atoms with Gasteiger partial charge >= 0.3 is 0 Å². The SMILES string of the molecule is CC1(c2ccccc2)CNC2(CCCC2)CN1CCCF. The standard InChI is InChI=1S/C18H27FN2/c1-17(16-8-3-2-4-9-16)14-20-18(10-5-6-11-18)15-21(17)13-7-12-19/h2-4,8-9,20H,5-7,10-15H2,1H3. The van der Waals surface area contributed by atoms with E-state index in [1.165, 1.54) is 31.2 Å². The number of halogens is 1. The molecule has 1 spiro atoms. The van der Waals surface area contributed by atoms with Crippen molar-refractivity contribution < 1.29 is 4.39 Å². The summed E-state index contributed by atoms with van der Waals surface area (Å²) in [5.41, 5.74) is 1.60. The van der Waals surface area contributed by atoms with Gasteiger partial charge in [-0.1, -0.05) is 43.2 Å². The van der Waals surface area contributed by atoms with E-state index in [4.69, 9.17) is 0 Å². The van der Waals surface area contributed by atoms with E-state index in [2.05, 4.69) is 47.5 Å². The molecule has 1 N–H and O–H groups in total. The van der Waals surface area contributed by atoms with E-state index in [1.807, 2.05) is 0 Å². The van der Waals surface area contributed by atoms with Crippen LogP contribution < -0.4 is 5.32 Å². The summed E-state index contributed by atoms with van der Waals surface area (Å²) >= 11 is 0. The van der Waals surface area contributed by atoms with Crippen LogP contribution in [0.25, 0.3) is 0 Å². The quantitative estimate of drug-likeness (QED) is 0.913. The van der Waals surface area contributed by atoms with Gasteiger partial charge in [-0.2, -0.15) is 0 Å². The molecule has 2 fully saturated rings. The summed E-state index contributed by atoms with van der Waals surface area (Å²) in [6.07, 6.45) is 5.82. The van der Waals surface area contributed by atoms with Crippen molar-refractivity contribution in [3.8, 4) is 0 Å². The summed E-state index contributed by atoms with van der Waals surface area (Å²) in [5.74, 6) is 0. The molecule has 1 aromatic rings. The van der Waals surface area contributed by atoms with Gasteiger partial charge in [-0.25, -0.2) is 0 Å². The molecule has 2 nitrogen and oxygen atoms in total. The first-order chi connectivity index (χ1) is 10.2. The second-order valence-corrected chi connectivity index (χ2v) is 6.94. The minimum absolute atomic E-state index is 0.0235. The van der Waals surface area contributed by atoms with Gasteiger partial charge in [-0.3, -0.25) is 9.29 Å². The van der Waals surface area contributed by atoms with Crippen LogP contribution in [0.1, 0.15) is 44.6 Å². The fourth-order valence-corrected chi connectivity index (χ4v) is 4.11. The molecule has 1 heterocycles. The minimum Gasteiger partial charge on any atom is -0.308 e. The van der Waals surface area contributed by atoms with Crippen LogP contribution in [0.4, 0.5) is 4.39 Å². The molecule has 1 aliphatic heterocycles. The molecule has 1 atom stereocenters. The highest BCUT2D eigenvalue weighted by Gasteiger charge is 2.46. The number of nitrogens with one attached hydrogen (secondary N) is 1. The van der Waals surface area contributed by atoms with E-state index in [9.17, 15) is 4.39 Å². The Bertz CT molecular complexity index is 456. The molecule has 1 aromatic carbocycles. The number of rotatable bonds is 4. The molecule has 2 aliphatic rings. The molecule has 1 aliphatic carbocycles. The molecule has 21 heavy (non-hydrogen) atoms. The third-order valence-corrected chi connectivity index (χ3v) is 5.52. The third-order valence-electron chi connectivity index (χ3n) is 5.52. The number of piperazine rings is 1. The van der Waals surface area contributed by atoms with E-state index in [0.717, 1.165) is 19.6 Å². The van der Waals surface area contributed by atoms with E-state index in [1.54, 1.807) is 0 Å². The summed E-state index contributed by atoms with van der Waals surface area (Å²) in [7, 11) is 0. The third kappa shape index (κ3) is 2.86. The highest BCUT2D eigenvalue weighted by molar-refractivity contribution is 5.26. The molecule has 116 valence electrons. The first-order valence-corrected chi connectivity index (χ1v) is 8.30. The van der Waals surface area contributed by atoms with Gasteiger partial charge in [0.1, 0.15) is 0 Å². The van der Waals surface area contributed by atoms with Crippen LogP contribution in [0.2, 0.25) is 0 Å². The normalized spacial score (nSPS) is 29.0. The Morgan fingerprint density at radius 2 is 1.90 bits per heavy atom. The molecule has 0 bridgehead atoms. The van der Waals surface area contributed by atoms with Crippen molar-refractivity contribution >= 4 is 0 Å². The van der Waals surface area contributed by atoms with E-state index >= 15 is 0 Å². The molecule has 1 unspecified atom stereocenters. The van der Waals surface area contributed by atoms with Gasteiger partial charge in [0.25, 0.3) is 0 Å². The Hall–Kier alpha value is -0.930. The van der Waals surface area contributed by atoms with Crippen molar-refractivity contribution in [3.63, 3.8) is 0 Å². The molecule has 3 heteroatoms. The van der Waals surface area contributed by atoms with Crippen LogP contribution in [-0.4, -0.2) is 36.7 Å². The Morgan fingerprint density at radius 3 is 2.57 bits per heavy atom. The lowest BCUT2D eigenvalue weighted by molar-refractivity contribution is 0.0120. The lowest BCUT2D eigenvalue weighted by Gasteiger charge is -2.53. The van der Waals surface area contributed by atoms with Crippen molar-refractivity contribution in [1.82, 2.24) is 10.2 Å². The zero-order chi connectivity index (χ0) is 14.8. The smallest absolute Gasteiger partial charge is 0.0906 e. The molecule has 1 saturated heterocycles. The summed E-state index contributed by atoms with van der Waals surface area (Å²) in [6.45, 7) is 4.95. The van der Waals surface area contributed by atoms with Crippen LogP contribution in [0.3, 0.4) is 0 Å². The Kier molecular flexibility index (Phi) is 4.32. The average molecular weight is 290 g/mol. The van der Waals surface area contributed by atoms with Gasteiger partial charge in [0, 0.05) is 25.2 Å². The van der Waals surface area contributed by atoms with Crippen molar-refractivity contribution in [2.45, 2.75) is 50.1 Å². The fourth-order valence-electron chi connectivity index (χ4n) is 4.11. The first-order valence-electron chi connectivity index (χ1n) is 8.30. The van der Waals surface area contributed by atoms with Crippen molar-refractivity contribution in [1.29, 1.82) is 0 Å². The van der Waals surface area contributed by atoms with Gasteiger partial charge in [0.05, 0.1) is 12.2 Å². The monoisotopic (exact) mass is 290 g/mol. The second-order valence-electron chi connectivity index (χ2n) is 6.94. The summed E-state index contributed by atoms with van der Waals surface area (Å²) in [5, 5.41) is 3.85. The molecule has 1 saturated carbocycles. The van der Waals surface area contributed by atoms with Crippen LogP contribution in [0, 0.1) is 0 Å². The van der Waals surface area contributed by atoms with Crippen molar-refractivity contribution in [2.24, 2.45) is 0 Å². The molecule has 0 amide bonds. The first kappa shape index (κ1) is 15.0. The Morgan fingerprint density at radius 1 is 1.19 bits per heavy atom. The van der Waals surface area contributed by atoms with Crippen LogP contribution in [-0.2, 0) is 5.54 Å². The maximum atomic E-state index is 12.7. The predicted molar refractivity (Wildman–Crippen MR) is 85.2 cm³/mol. The topological polar surface area (TPSA) is 15.3 Å². The zero-order valence-electron chi connectivity index (χ0n) is 13.1. The van der Waals surface area contributed by atoms with Gasteiger partial charge in [0.15, 0.2) is 0 Å². The summed E-state index contributed by atoms with van der Waals surface area (Å²) < 4.78 is 12.7. The maximum absolute atomic E-state index is 12.7. The number of hydrogen-bond acceptors (Lipinski definition) is 2. The lowest BCUT2D eigenvalue weighted by Crippen LogP contribution is -2.66. The van der Waals surface area contributed by atoms with E-state index in [0.29, 0.717) is 6.42 Å². The molecule has 3 rings (SSSR count). The highest BCUT2D eigenvalue weighted by atomic mass is 19.1. The molecular weight excluding hydrogens is 263 g/mol. The van der Waals surface area contributed by atoms with Gasteiger partial charge in [0.2, 0.25) is 0 Å². The van der Waals surface area contributed by atoms with Gasteiger partial charge in [-0.15, -0.1) is 0 Å². The molecule has 0 aromatic heterocycles. The van der Waals surface area contributed by atoms with Gasteiger partial charge < -0.3 is 5.32 Å². The van der Waals surface area contributed by atoms with E-state index in [-0.39, 0.29) is 17.8 Å². The summed E-state index contributed by atoms with van der Waals surface area (Å²) in [4.78, 5) is 2.53. The molecular formula is C18H27FN2. The number of benzene rings is 1. The predicted octanol–water partition coefficient (Wildman–Crippen LogP) is 3.48. The van der Waals surface area contributed by atoms with E-state index < -0.39 is 0 Å². The van der Waals surface area contributed by atoms with Crippen molar-refractivity contribution in [2.75, 3.05) is 26.3 Å². The Balaban J connectivity index is 1.85.